The van der Waals surface area contributed by atoms with Gasteiger partial charge < -0.3 is 4.42 Å². The Morgan fingerprint density at radius 1 is 0.257 bits per heavy atom. The zero-order valence-electron chi connectivity index (χ0n) is 40.1. The minimum absolute atomic E-state index is 0.433. The lowest BCUT2D eigenvalue weighted by Gasteiger charge is -2.32. The number of hydrogen-bond donors (Lipinski definition) is 0. The van der Waals surface area contributed by atoms with Crippen molar-refractivity contribution < 1.29 is 4.42 Å². The van der Waals surface area contributed by atoms with Crippen LogP contribution in [0.4, 0.5) is 0 Å². The highest BCUT2D eigenvalue weighted by Crippen LogP contribution is 2.64. The Labute approximate surface area is 428 Å². The van der Waals surface area contributed by atoms with E-state index in [1.807, 2.05) is 30.3 Å². The third-order valence-electron chi connectivity index (χ3n) is 15.4. The maximum Gasteiger partial charge on any atom is 0.164 e. The summed E-state index contributed by atoms with van der Waals surface area (Å²) in [6.07, 6.45) is 0. The molecule has 0 atom stereocenters. The molecule has 11 aromatic carbocycles. The van der Waals surface area contributed by atoms with Gasteiger partial charge in [-0.05, 0) is 107 Å². The molecule has 2 heterocycles. The number of rotatable bonds is 7. The first-order valence-corrected chi connectivity index (χ1v) is 25.2. The van der Waals surface area contributed by atoms with Gasteiger partial charge in [-0.15, -0.1) is 0 Å². The minimum Gasteiger partial charge on any atom is -0.456 e. The Kier molecular flexibility index (Phi) is 9.45. The Hall–Kier alpha value is -9.77. The molecular formula is C70H43N3O. The van der Waals surface area contributed by atoms with Gasteiger partial charge >= 0.3 is 0 Å². The lowest BCUT2D eigenvalue weighted by Crippen LogP contribution is -2.26. The Morgan fingerprint density at radius 3 is 1.34 bits per heavy atom. The first-order valence-electron chi connectivity index (χ1n) is 25.2. The van der Waals surface area contributed by atoms with Crippen molar-refractivity contribution in [1.82, 2.24) is 15.0 Å². The molecule has 0 amide bonds. The van der Waals surface area contributed by atoms with Gasteiger partial charge in [0.05, 0.1) is 5.41 Å². The quantitative estimate of drug-likeness (QED) is 0.160. The van der Waals surface area contributed by atoms with Gasteiger partial charge in [-0.3, -0.25) is 0 Å². The monoisotopic (exact) mass is 941 g/mol. The van der Waals surface area contributed by atoms with Gasteiger partial charge in [0, 0.05) is 27.5 Å². The van der Waals surface area contributed by atoms with E-state index in [0.29, 0.717) is 17.5 Å². The van der Waals surface area contributed by atoms with Crippen LogP contribution in [-0.2, 0) is 5.41 Å². The van der Waals surface area contributed by atoms with Gasteiger partial charge in [-0.2, -0.15) is 0 Å². The van der Waals surface area contributed by atoms with E-state index in [1.165, 1.54) is 55.6 Å². The standard InChI is InChI=1S/C70H43N3O/c1-3-17-44(18-4-1)45-35-39-49(40-36-45)67-71-68(57-25-8-7-21-51(57)47-19-5-2-6-20-47)73-69(72-67)58-28-16-32-64-65(58)59-43-50(41-42-63(59)74-64)46-33-37-48(38-34-46)52-26-15-27-56-55-24-11-14-31-62(55)70(66(52)56)60-29-12-9-22-53(60)54-23-10-13-30-61(54)70/h1-43H. The summed E-state index contributed by atoms with van der Waals surface area (Å²) < 4.78 is 6.64. The van der Waals surface area contributed by atoms with Crippen molar-refractivity contribution in [3.63, 3.8) is 0 Å². The number of furan rings is 1. The highest BCUT2D eigenvalue weighted by molar-refractivity contribution is 6.13. The summed E-state index contributed by atoms with van der Waals surface area (Å²) in [5, 5.41) is 1.96. The molecule has 0 bridgehead atoms. The fraction of sp³-hybridized carbons (Fsp3) is 0.0143. The number of aromatic nitrogens is 3. The van der Waals surface area contributed by atoms with Gasteiger partial charge in [0.15, 0.2) is 17.5 Å². The number of hydrogen-bond acceptors (Lipinski definition) is 4. The first kappa shape index (κ1) is 42.0. The van der Waals surface area contributed by atoms with E-state index in [1.54, 1.807) is 0 Å². The van der Waals surface area contributed by atoms with Crippen molar-refractivity contribution in [1.29, 1.82) is 0 Å². The molecule has 0 N–H and O–H groups in total. The molecule has 4 heteroatoms. The maximum absolute atomic E-state index is 6.64. The molecule has 74 heavy (non-hydrogen) atoms. The van der Waals surface area contributed by atoms with E-state index in [0.717, 1.165) is 72.0 Å². The molecule has 4 nitrogen and oxygen atoms in total. The van der Waals surface area contributed by atoms with Gasteiger partial charge in [-0.1, -0.05) is 243 Å². The van der Waals surface area contributed by atoms with Crippen LogP contribution in [0.25, 0.3) is 123 Å². The van der Waals surface area contributed by atoms with Gasteiger partial charge in [0.2, 0.25) is 0 Å². The van der Waals surface area contributed by atoms with Crippen molar-refractivity contribution in [2.24, 2.45) is 0 Å². The Morgan fingerprint density at radius 2 is 0.676 bits per heavy atom. The van der Waals surface area contributed by atoms with Gasteiger partial charge in [-0.25, -0.2) is 15.0 Å². The second-order valence-corrected chi connectivity index (χ2v) is 19.3. The van der Waals surface area contributed by atoms with Crippen molar-refractivity contribution in [2.45, 2.75) is 5.41 Å². The molecule has 2 aromatic heterocycles. The first-order chi connectivity index (χ1) is 36.7. The molecule has 0 radical (unpaired) electrons. The zero-order valence-corrected chi connectivity index (χ0v) is 40.1. The molecule has 1 spiro atoms. The summed E-state index contributed by atoms with van der Waals surface area (Å²) >= 11 is 0. The molecule has 13 aromatic rings. The maximum atomic E-state index is 6.64. The average Bonchev–Trinajstić information content (AvgIpc) is 4.12. The number of benzene rings is 11. The van der Waals surface area contributed by atoms with E-state index in [9.17, 15) is 0 Å². The summed E-state index contributed by atoms with van der Waals surface area (Å²) in [5.74, 6) is 1.77. The predicted molar refractivity (Wildman–Crippen MR) is 301 cm³/mol. The van der Waals surface area contributed by atoms with Crippen LogP contribution in [0.2, 0.25) is 0 Å². The Bertz CT molecular complexity index is 4280. The van der Waals surface area contributed by atoms with Crippen LogP contribution in [0, 0.1) is 0 Å². The van der Waals surface area contributed by atoms with E-state index >= 15 is 0 Å². The van der Waals surface area contributed by atoms with Crippen molar-refractivity contribution in [2.75, 3.05) is 0 Å². The molecule has 0 aliphatic heterocycles. The van der Waals surface area contributed by atoms with Crippen LogP contribution in [0.5, 0.6) is 0 Å². The minimum atomic E-state index is -0.433. The molecule has 0 fully saturated rings. The second-order valence-electron chi connectivity index (χ2n) is 19.3. The van der Waals surface area contributed by atoms with Crippen LogP contribution in [0.3, 0.4) is 0 Å². The third-order valence-corrected chi connectivity index (χ3v) is 15.4. The predicted octanol–water partition coefficient (Wildman–Crippen LogP) is 17.8. The summed E-state index contributed by atoms with van der Waals surface area (Å²) in [6.45, 7) is 0. The molecule has 0 unspecified atom stereocenters. The highest BCUT2D eigenvalue weighted by Gasteiger charge is 2.52. The molecule has 0 saturated heterocycles. The van der Waals surface area contributed by atoms with Crippen LogP contribution < -0.4 is 0 Å². The fourth-order valence-corrected chi connectivity index (χ4v) is 12.2. The molecule has 2 aliphatic carbocycles. The van der Waals surface area contributed by atoms with Crippen molar-refractivity contribution in [3.8, 4) is 101 Å². The molecule has 15 rings (SSSR count). The van der Waals surface area contributed by atoms with Gasteiger partial charge in [0.1, 0.15) is 11.2 Å². The van der Waals surface area contributed by atoms with Crippen LogP contribution >= 0.6 is 0 Å². The summed E-state index contributed by atoms with van der Waals surface area (Å²) in [7, 11) is 0. The highest BCUT2D eigenvalue weighted by atomic mass is 16.3. The van der Waals surface area contributed by atoms with E-state index in [2.05, 4.69) is 231 Å². The van der Waals surface area contributed by atoms with E-state index in [4.69, 9.17) is 19.4 Å². The third kappa shape index (κ3) is 6.38. The summed E-state index contributed by atoms with van der Waals surface area (Å²) in [5.41, 5.74) is 23.5. The average molecular weight is 942 g/mol. The largest absolute Gasteiger partial charge is 0.456 e. The second kappa shape index (κ2) is 16.7. The van der Waals surface area contributed by atoms with Crippen LogP contribution in [0.15, 0.2) is 265 Å². The lowest BCUT2D eigenvalue weighted by atomic mass is 9.68. The fourth-order valence-electron chi connectivity index (χ4n) is 12.2. The van der Waals surface area contributed by atoms with E-state index in [-0.39, 0.29) is 0 Å². The lowest BCUT2D eigenvalue weighted by molar-refractivity contribution is 0.669. The smallest absolute Gasteiger partial charge is 0.164 e. The van der Waals surface area contributed by atoms with E-state index < -0.39 is 5.41 Å². The number of nitrogens with zero attached hydrogens (tertiary/aromatic N) is 3. The molecule has 0 saturated carbocycles. The zero-order chi connectivity index (χ0) is 48.7. The SMILES string of the molecule is c1ccc(-c2ccc(-c3nc(-c4ccccc4-c4ccccc4)nc(-c4cccc5oc6ccc(-c7ccc(-c8cccc9c8C8(c%10ccccc%10-c%10ccccc%108)c8ccccc8-9)cc7)cc6c45)n3)cc2)cc1. The van der Waals surface area contributed by atoms with Crippen molar-refractivity contribution in [3.05, 3.63) is 283 Å². The number of fused-ring (bicyclic) bond motifs is 13. The van der Waals surface area contributed by atoms with Crippen LogP contribution in [-0.4, -0.2) is 15.0 Å². The molecular weight excluding hydrogens is 899 g/mol. The van der Waals surface area contributed by atoms with Crippen LogP contribution in [0.1, 0.15) is 22.3 Å². The van der Waals surface area contributed by atoms with Crippen molar-refractivity contribution >= 4 is 21.9 Å². The summed E-state index contributed by atoms with van der Waals surface area (Å²) in [6, 6.07) is 93.4. The topological polar surface area (TPSA) is 51.8 Å². The Balaban J connectivity index is 0.856. The molecule has 344 valence electrons. The molecule has 2 aliphatic rings. The normalized spacial score (nSPS) is 12.7. The summed E-state index contributed by atoms with van der Waals surface area (Å²) in [4.78, 5) is 15.8. The van der Waals surface area contributed by atoms with Gasteiger partial charge in [0.25, 0.3) is 0 Å².